The Bertz CT molecular complexity index is 383. The number of carbonyl (C=O) groups excluding carboxylic acids is 1. The highest BCUT2D eigenvalue weighted by Gasteiger charge is 2.26. The number of nitrogens with zero attached hydrogens (tertiary/aromatic N) is 1. The number of piperazine rings is 1. The number of hydrogen-bond acceptors (Lipinski definition) is 4. The smallest absolute Gasteiger partial charge is 0.268 e. The lowest BCUT2D eigenvalue weighted by Gasteiger charge is -2.33. The Balaban J connectivity index is 0.00000144. The molecule has 0 unspecified atom stereocenters. The van der Waals surface area contributed by atoms with Crippen LogP contribution in [0.2, 0.25) is 0 Å². The fraction of sp³-hybridized carbons (Fsp3) is 0.545. The van der Waals surface area contributed by atoms with Crippen LogP contribution in [0.3, 0.4) is 0 Å². The molecule has 0 aromatic carbocycles. The maximum atomic E-state index is 12.3. The van der Waals surface area contributed by atoms with Crippen LogP contribution in [0, 0.1) is 0 Å². The summed E-state index contributed by atoms with van der Waals surface area (Å²) in [6, 6.07) is 2.08. The molecule has 4 nitrogen and oxygen atoms in total. The number of methoxy groups -OCH3 is 1. The fourth-order valence-electron chi connectivity index (χ4n) is 1.89. The number of hydrogen-bond donors (Lipinski definition) is 1. The molecule has 2 rings (SSSR count). The zero-order valence-electron chi connectivity index (χ0n) is 9.93. The summed E-state index contributed by atoms with van der Waals surface area (Å²) in [4.78, 5) is 14.9. The SMILES string of the molecule is COc1ccsc1C(=O)N1CCNC[C@H]1C.Cl. The number of amides is 1. The van der Waals surface area contributed by atoms with Crippen molar-refractivity contribution in [1.29, 1.82) is 0 Å². The van der Waals surface area contributed by atoms with Crippen molar-refractivity contribution in [3.63, 3.8) is 0 Å². The Hall–Kier alpha value is -0.780. The van der Waals surface area contributed by atoms with Gasteiger partial charge in [0.25, 0.3) is 5.91 Å². The highest BCUT2D eigenvalue weighted by atomic mass is 35.5. The topological polar surface area (TPSA) is 41.6 Å². The van der Waals surface area contributed by atoms with Crippen molar-refractivity contribution in [1.82, 2.24) is 10.2 Å². The second-order valence-electron chi connectivity index (χ2n) is 3.87. The molecule has 1 atom stereocenters. The molecule has 0 aliphatic carbocycles. The van der Waals surface area contributed by atoms with E-state index in [-0.39, 0.29) is 24.4 Å². The van der Waals surface area contributed by atoms with Gasteiger partial charge in [0.2, 0.25) is 0 Å². The van der Waals surface area contributed by atoms with E-state index in [1.54, 1.807) is 7.11 Å². The minimum absolute atomic E-state index is 0. The molecule has 0 saturated carbocycles. The van der Waals surface area contributed by atoms with Crippen LogP contribution in [-0.2, 0) is 0 Å². The number of rotatable bonds is 2. The summed E-state index contributed by atoms with van der Waals surface area (Å²) >= 11 is 1.44. The quantitative estimate of drug-likeness (QED) is 0.892. The first kappa shape index (κ1) is 14.3. The summed E-state index contributed by atoms with van der Waals surface area (Å²) in [5.41, 5.74) is 0. The molecule has 0 bridgehead atoms. The van der Waals surface area contributed by atoms with Gasteiger partial charge >= 0.3 is 0 Å². The molecular weight excluding hydrogens is 260 g/mol. The van der Waals surface area contributed by atoms with Gasteiger partial charge in [-0.25, -0.2) is 0 Å². The van der Waals surface area contributed by atoms with E-state index >= 15 is 0 Å². The van der Waals surface area contributed by atoms with Gasteiger partial charge in [0.1, 0.15) is 10.6 Å². The Morgan fingerprint density at radius 1 is 1.65 bits per heavy atom. The molecule has 1 saturated heterocycles. The number of thiophene rings is 1. The highest BCUT2D eigenvalue weighted by molar-refractivity contribution is 7.12. The van der Waals surface area contributed by atoms with Crippen LogP contribution < -0.4 is 10.1 Å². The van der Waals surface area contributed by atoms with Crippen molar-refractivity contribution >= 4 is 29.7 Å². The molecule has 96 valence electrons. The molecule has 6 heteroatoms. The highest BCUT2D eigenvalue weighted by Crippen LogP contribution is 2.26. The van der Waals surface area contributed by atoms with Crippen LogP contribution in [-0.4, -0.2) is 43.6 Å². The molecule has 0 spiro atoms. The van der Waals surface area contributed by atoms with Gasteiger partial charge in [0.15, 0.2) is 0 Å². The second kappa shape index (κ2) is 6.23. The molecule has 1 aromatic heterocycles. The predicted octanol–water partition coefficient (Wildman–Crippen LogP) is 1.61. The first-order chi connectivity index (χ1) is 7.74. The van der Waals surface area contributed by atoms with Gasteiger partial charge in [-0.3, -0.25) is 4.79 Å². The fourth-order valence-corrected chi connectivity index (χ4v) is 2.70. The van der Waals surface area contributed by atoms with Gasteiger partial charge in [-0.1, -0.05) is 0 Å². The number of halogens is 1. The summed E-state index contributed by atoms with van der Waals surface area (Å²) < 4.78 is 5.18. The molecule has 2 heterocycles. The largest absolute Gasteiger partial charge is 0.495 e. The first-order valence-corrected chi connectivity index (χ1v) is 6.25. The standard InChI is InChI=1S/C11H16N2O2S.ClH/c1-8-7-12-4-5-13(8)11(14)10-9(15-2)3-6-16-10;/h3,6,8,12H,4-5,7H2,1-2H3;1H/t8-;/m1./s1. The van der Waals surface area contributed by atoms with Crippen LogP contribution in [0.4, 0.5) is 0 Å². The Morgan fingerprint density at radius 2 is 2.41 bits per heavy atom. The molecule has 1 N–H and O–H groups in total. The number of carbonyl (C=O) groups is 1. The zero-order valence-corrected chi connectivity index (χ0v) is 11.6. The first-order valence-electron chi connectivity index (χ1n) is 5.37. The van der Waals surface area contributed by atoms with Gasteiger partial charge in [0.05, 0.1) is 7.11 Å². The molecule has 1 aliphatic rings. The van der Waals surface area contributed by atoms with Gasteiger partial charge in [0, 0.05) is 25.7 Å². The van der Waals surface area contributed by atoms with Crippen LogP contribution in [0.5, 0.6) is 5.75 Å². The van der Waals surface area contributed by atoms with Gasteiger partial charge < -0.3 is 15.0 Å². The maximum Gasteiger partial charge on any atom is 0.268 e. The molecule has 1 fully saturated rings. The third-order valence-electron chi connectivity index (χ3n) is 2.81. The van der Waals surface area contributed by atoms with Crippen molar-refractivity contribution in [2.75, 3.05) is 26.7 Å². The summed E-state index contributed by atoms with van der Waals surface area (Å²) in [5.74, 6) is 0.765. The van der Waals surface area contributed by atoms with Gasteiger partial charge in [-0.15, -0.1) is 23.7 Å². The monoisotopic (exact) mass is 276 g/mol. The molecule has 1 amide bonds. The average Bonchev–Trinajstić information content (AvgIpc) is 2.77. The third kappa shape index (κ3) is 2.91. The summed E-state index contributed by atoms with van der Waals surface area (Å²) in [7, 11) is 1.60. The number of nitrogens with one attached hydrogen (secondary N) is 1. The van der Waals surface area contributed by atoms with Gasteiger partial charge in [-0.2, -0.15) is 0 Å². The normalized spacial score (nSPS) is 19.6. The molecule has 1 aliphatic heterocycles. The summed E-state index contributed by atoms with van der Waals surface area (Å²) in [6.45, 7) is 4.55. The van der Waals surface area contributed by atoms with E-state index in [1.165, 1.54) is 11.3 Å². The Morgan fingerprint density at radius 3 is 3.06 bits per heavy atom. The summed E-state index contributed by atoms with van der Waals surface area (Å²) in [5, 5.41) is 5.16. The Kier molecular flexibility index (Phi) is 5.24. The van der Waals surface area contributed by atoms with E-state index in [0.717, 1.165) is 19.6 Å². The molecular formula is C11H17ClN2O2S. The van der Waals surface area contributed by atoms with E-state index in [4.69, 9.17) is 4.74 Å². The Labute approximate surface area is 111 Å². The minimum atomic E-state index is 0. The molecule has 0 radical (unpaired) electrons. The van der Waals surface area contributed by atoms with Crippen molar-refractivity contribution in [3.05, 3.63) is 16.3 Å². The lowest BCUT2D eigenvalue weighted by atomic mass is 10.2. The average molecular weight is 277 g/mol. The van der Waals surface area contributed by atoms with Crippen molar-refractivity contribution in [3.8, 4) is 5.75 Å². The number of ether oxygens (including phenoxy) is 1. The predicted molar refractivity (Wildman–Crippen MR) is 71.5 cm³/mol. The van der Waals surface area contributed by atoms with Crippen LogP contribution in [0.1, 0.15) is 16.6 Å². The van der Waals surface area contributed by atoms with Crippen molar-refractivity contribution < 1.29 is 9.53 Å². The van der Waals surface area contributed by atoms with Crippen LogP contribution >= 0.6 is 23.7 Å². The maximum absolute atomic E-state index is 12.3. The van der Waals surface area contributed by atoms with Crippen LogP contribution in [0.25, 0.3) is 0 Å². The van der Waals surface area contributed by atoms with E-state index < -0.39 is 0 Å². The lowest BCUT2D eigenvalue weighted by molar-refractivity contribution is 0.0658. The van der Waals surface area contributed by atoms with Crippen molar-refractivity contribution in [2.24, 2.45) is 0 Å². The second-order valence-corrected chi connectivity index (χ2v) is 4.79. The molecule has 1 aromatic rings. The third-order valence-corrected chi connectivity index (χ3v) is 3.69. The van der Waals surface area contributed by atoms with Crippen molar-refractivity contribution in [2.45, 2.75) is 13.0 Å². The van der Waals surface area contributed by atoms with E-state index in [1.807, 2.05) is 16.3 Å². The zero-order chi connectivity index (χ0) is 11.5. The van der Waals surface area contributed by atoms with E-state index in [9.17, 15) is 4.79 Å². The van der Waals surface area contributed by atoms with E-state index in [0.29, 0.717) is 10.6 Å². The lowest BCUT2D eigenvalue weighted by Crippen LogP contribution is -2.52. The molecule has 17 heavy (non-hydrogen) atoms. The van der Waals surface area contributed by atoms with Crippen LogP contribution in [0.15, 0.2) is 11.4 Å². The van der Waals surface area contributed by atoms with E-state index in [2.05, 4.69) is 12.2 Å². The summed E-state index contributed by atoms with van der Waals surface area (Å²) in [6.07, 6.45) is 0. The van der Waals surface area contributed by atoms with Gasteiger partial charge in [-0.05, 0) is 18.4 Å². The minimum Gasteiger partial charge on any atom is -0.495 e.